The molecule has 21 heavy (non-hydrogen) atoms. The Hall–Kier alpha value is -1.70. The lowest BCUT2D eigenvalue weighted by Crippen LogP contribution is -2.31. The highest BCUT2D eigenvalue weighted by Gasteiger charge is 2.25. The third kappa shape index (κ3) is 4.13. The molecule has 0 bridgehead atoms. The second-order valence-electron chi connectivity index (χ2n) is 6.14. The quantitative estimate of drug-likeness (QED) is 0.893. The number of nitrogens with one attached hydrogen (secondary N) is 1. The predicted octanol–water partition coefficient (Wildman–Crippen LogP) is 4.64. The number of hydrogen-bond donors (Lipinski definition) is 1. The lowest BCUT2D eigenvalue weighted by Gasteiger charge is -2.32. The lowest BCUT2D eigenvalue weighted by atomic mass is 9.82. The highest BCUT2D eigenvalue weighted by molar-refractivity contribution is 7.10. The topological polar surface area (TPSA) is 35.8 Å². The highest BCUT2D eigenvalue weighted by atomic mass is 32.1. The van der Waals surface area contributed by atoms with Gasteiger partial charge in [-0.25, -0.2) is 4.39 Å². The van der Waals surface area contributed by atoms with Crippen LogP contribution in [0.3, 0.4) is 0 Å². The first-order chi connectivity index (χ1) is 9.90. The van der Waals surface area contributed by atoms with Gasteiger partial charge in [0, 0.05) is 22.8 Å². The maximum absolute atomic E-state index is 13.1. The Bertz CT molecular complexity index is 632. The fourth-order valence-electron chi connectivity index (χ4n) is 2.31. The van der Waals surface area contributed by atoms with Crippen molar-refractivity contribution >= 4 is 11.3 Å². The Morgan fingerprint density at radius 3 is 2.48 bits per heavy atom. The summed E-state index contributed by atoms with van der Waals surface area (Å²) < 4.78 is 13.1. The Kier molecular flexibility index (Phi) is 4.76. The van der Waals surface area contributed by atoms with Gasteiger partial charge in [0.15, 0.2) is 0 Å². The molecule has 0 aliphatic rings. The van der Waals surface area contributed by atoms with Crippen molar-refractivity contribution in [3.63, 3.8) is 0 Å². The second-order valence-corrected chi connectivity index (χ2v) is 7.14. The normalized spacial score (nSPS) is 12.9. The minimum absolute atomic E-state index is 0.00709. The van der Waals surface area contributed by atoms with E-state index in [0.717, 1.165) is 10.4 Å². The maximum Gasteiger partial charge on any atom is 0.123 e. The Morgan fingerprint density at radius 2 is 1.95 bits per heavy atom. The van der Waals surface area contributed by atoms with Crippen molar-refractivity contribution in [1.82, 2.24) is 5.32 Å². The van der Waals surface area contributed by atoms with E-state index in [2.05, 4.69) is 32.2 Å². The van der Waals surface area contributed by atoms with E-state index in [4.69, 9.17) is 5.26 Å². The average molecular weight is 302 g/mol. The van der Waals surface area contributed by atoms with Crippen LogP contribution in [0, 0.1) is 22.6 Å². The summed E-state index contributed by atoms with van der Waals surface area (Å²) in [5, 5.41) is 14.3. The Balaban J connectivity index is 2.14. The van der Waals surface area contributed by atoms with E-state index < -0.39 is 0 Å². The number of halogens is 1. The van der Waals surface area contributed by atoms with Gasteiger partial charge in [0.1, 0.15) is 11.9 Å². The molecule has 0 aliphatic carbocycles. The summed E-state index contributed by atoms with van der Waals surface area (Å²) in [6.45, 7) is 7.17. The summed E-state index contributed by atoms with van der Waals surface area (Å²) in [6.07, 6.45) is 0. The van der Waals surface area contributed by atoms with Crippen LogP contribution in [0.1, 0.15) is 42.8 Å². The van der Waals surface area contributed by atoms with Gasteiger partial charge in [-0.15, -0.1) is 11.3 Å². The van der Waals surface area contributed by atoms with Crippen molar-refractivity contribution in [2.45, 2.75) is 33.4 Å². The predicted molar refractivity (Wildman–Crippen MR) is 84.5 cm³/mol. The van der Waals surface area contributed by atoms with Crippen LogP contribution >= 0.6 is 11.3 Å². The SMILES string of the molecule is CC(C)(C)C(NCc1cc(C#N)cs1)c1ccc(F)cc1. The van der Waals surface area contributed by atoms with Gasteiger partial charge in [0.2, 0.25) is 0 Å². The molecule has 0 saturated carbocycles. The molecule has 1 heterocycles. The molecule has 110 valence electrons. The molecular formula is C17H19FN2S. The molecule has 0 radical (unpaired) electrons. The van der Waals surface area contributed by atoms with E-state index in [0.29, 0.717) is 12.1 Å². The third-order valence-corrected chi connectivity index (χ3v) is 4.27. The zero-order chi connectivity index (χ0) is 15.5. The lowest BCUT2D eigenvalue weighted by molar-refractivity contribution is 0.271. The number of benzene rings is 1. The largest absolute Gasteiger partial charge is 0.305 e. The molecule has 0 spiro atoms. The summed E-state index contributed by atoms with van der Waals surface area (Å²) in [6, 6.07) is 10.8. The van der Waals surface area contributed by atoms with Crippen molar-refractivity contribution in [3.05, 3.63) is 57.5 Å². The maximum atomic E-state index is 13.1. The van der Waals surface area contributed by atoms with Gasteiger partial charge in [-0.05, 0) is 29.2 Å². The van der Waals surface area contributed by atoms with Crippen molar-refractivity contribution in [3.8, 4) is 6.07 Å². The molecule has 2 aromatic rings. The minimum atomic E-state index is -0.219. The van der Waals surface area contributed by atoms with Gasteiger partial charge in [-0.3, -0.25) is 0 Å². The van der Waals surface area contributed by atoms with E-state index >= 15 is 0 Å². The van der Waals surface area contributed by atoms with E-state index in [1.165, 1.54) is 12.1 Å². The summed E-state index contributed by atoms with van der Waals surface area (Å²) in [4.78, 5) is 1.13. The first kappa shape index (κ1) is 15.7. The zero-order valence-corrected chi connectivity index (χ0v) is 13.3. The molecule has 0 saturated heterocycles. The standard InChI is InChI=1S/C17H19FN2S/c1-17(2,3)16(13-4-6-14(18)7-5-13)20-10-15-8-12(9-19)11-21-15/h4-8,11,16,20H,10H2,1-3H3. The first-order valence-electron chi connectivity index (χ1n) is 6.86. The molecule has 1 aromatic heterocycles. The van der Waals surface area contributed by atoms with Crippen LogP contribution in [0.25, 0.3) is 0 Å². The smallest absolute Gasteiger partial charge is 0.123 e. The number of rotatable bonds is 4. The molecule has 1 atom stereocenters. The van der Waals surface area contributed by atoms with Gasteiger partial charge in [0.05, 0.1) is 5.56 Å². The number of nitrogens with zero attached hydrogens (tertiary/aromatic N) is 1. The molecule has 0 aliphatic heterocycles. The molecule has 2 nitrogen and oxygen atoms in total. The molecule has 1 aromatic carbocycles. The zero-order valence-electron chi connectivity index (χ0n) is 12.5. The second kappa shape index (κ2) is 6.38. The summed E-state index contributed by atoms with van der Waals surface area (Å²) in [7, 11) is 0. The van der Waals surface area contributed by atoms with E-state index in [9.17, 15) is 4.39 Å². The van der Waals surface area contributed by atoms with E-state index in [1.807, 2.05) is 23.6 Å². The van der Waals surface area contributed by atoms with Gasteiger partial charge >= 0.3 is 0 Å². The van der Waals surface area contributed by atoms with Gasteiger partial charge in [-0.1, -0.05) is 32.9 Å². The van der Waals surface area contributed by atoms with Crippen LogP contribution in [-0.2, 0) is 6.54 Å². The van der Waals surface area contributed by atoms with Crippen molar-refractivity contribution < 1.29 is 4.39 Å². The van der Waals surface area contributed by atoms with Crippen molar-refractivity contribution in [2.24, 2.45) is 5.41 Å². The summed E-state index contributed by atoms with van der Waals surface area (Å²) >= 11 is 1.58. The van der Waals surface area contributed by atoms with Gasteiger partial charge < -0.3 is 5.32 Å². The van der Waals surface area contributed by atoms with Crippen LogP contribution in [0.5, 0.6) is 0 Å². The van der Waals surface area contributed by atoms with Crippen molar-refractivity contribution in [1.29, 1.82) is 5.26 Å². The summed E-state index contributed by atoms with van der Waals surface area (Å²) in [5.74, 6) is -0.219. The fraction of sp³-hybridized carbons (Fsp3) is 0.353. The third-order valence-electron chi connectivity index (χ3n) is 3.33. The number of thiophene rings is 1. The highest BCUT2D eigenvalue weighted by Crippen LogP contribution is 2.33. The van der Waals surface area contributed by atoms with Gasteiger partial charge in [0.25, 0.3) is 0 Å². The average Bonchev–Trinajstić information content (AvgIpc) is 2.87. The van der Waals surface area contributed by atoms with Crippen LogP contribution in [0.4, 0.5) is 4.39 Å². The van der Waals surface area contributed by atoms with Crippen molar-refractivity contribution in [2.75, 3.05) is 0 Å². The molecule has 0 fully saturated rings. The van der Waals surface area contributed by atoms with Crippen LogP contribution in [0.2, 0.25) is 0 Å². The molecular weight excluding hydrogens is 283 g/mol. The molecule has 1 N–H and O–H groups in total. The van der Waals surface area contributed by atoms with Crippen LogP contribution < -0.4 is 5.32 Å². The summed E-state index contributed by atoms with van der Waals surface area (Å²) in [5.41, 5.74) is 1.78. The number of hydrogen-bond acceptors (Lipinski definition) is 3. The Morgan fingerprint density at radius 1 is 1.29 bits per heavy atom. The fourth-order valence-corrected chi connectivity index (χ4v) is 3.07. The van der Waals surface area contributed by atoms with Gasteiger partial charge in [-0.2, -0.15) is 5.26 Å². The van der Waals surface area contributed by atoms with E-state index in [-0.39, 0.29) is 17.3 Å². The Labute approximate surface area is 129 Å². The first-order valence-corrected chi connectivity index (χ1v) is 7.74. The van der Waals surface area contributed by atoms with Crippen LogP contribution in [0.15, 0.2) is 35.7 Å². The molecule has 0 amide bonds. The monoisotopic (exact) mass is 302 g/mol. The molecule has 4 heteroatoms. The minimum Gasteiger partial charge on any atom is -0.305 e. The molecule has 2 rings (SSSR count). The molecule has 1 unspecified atom stereocenters. The number of nitriles is 1. The van der Waals surface area contributed by atoms with Crippen LogP contribution in [-0.4, -0.2) is 0 Å². The van der Waals surface area contributed by atoms with E-state index in [1.54, 1.807) is 11.3 Å².